The van der Waals surface area contributed by atoms with Crippen LogP contribution < -0.4 is 0 Å². The van der Waals surface area contributed by atoms with Crippen LogP contribution in [-0.4, -0.2) is 68.6 Å². The summed E-state index contributed by atoms with van der Waals surface area (Å²) in [4.78, 5) is 2.18. The first-order valence-corrected chi connectivity index (χ1v) is 8.33. The van der Waals surface area contributed by atoms with Crippen LogP contribution in [0.15, 0.2) is 0 Å². The predicted molar refractivity (Wildman–Crippen MR) is 69.4 cm³/mol. The third-order valence-corrected chi connectivity index (χ3v) is 5.84. The molecular formula is C11H25NO4P+. The number of rotatable bonds is 6. The van der Waals surface area contributed by atoms with Crippen LogP contribution in [0.4, 0.5) is 0 Å². The van der Waals surface area contributed by atoms with E-state index in [-0.39, 0.29) is 6.61 Å². The van der Waals surface area contributed by atoms with Crippen molar-refractivity contribution in [3.63, 3.8) is 0 Å². The summed E-state index contributed by atoms with van der Waals surface area (Å²) in [7, 11) is -1.86. The Balaban J connectivity index is 2.66. The molecule has 1 heterocycles. The lowest BCUT2D eigenvalue weighted by molar-refractivity contribution is 0.0935. The fourth-order valence-corrected chi connectivity index (χ4v) is 4.87. The van der Waals surface area contributed by atoms with Crippen molar-refractivity contribution in [1.82, 2.24) is 4.90 Å². The van der Waals surface area contributed by atoms with Crippen molar-refractivity contribution < 1.29 is 18.9 Å². The Morgan fingerprint density at radius 2 is 1.94 bits per heavy atom. The second-order valence-electron chi connectivity index (χ2n) is 3.97. The molecule has 1 aliphatic heterocycles. The molecule has 0 aromatic heterocycles. The molecule has 1 rings (SSSR count). The van der Waals surface area contributed by atoms with Crippen LogP contribution >= 0.6 is 7.72 Å². The summed E-state index contributed by atoms with van der Waals surface area (Å²) >= 11 is 0. The van der Waals surface area contributed by atoms with Crippen LogP contribution in [0.2, 0.25) is 0 Å². The minimum Gasteiger partial charge on any atom is -0.395 e. The molecule has 0 aromatic carbocycles. The van der Waals surface area contributed by atoms with Gasteiger partial charge in [-0.05, 0) is 13.8 Å². The number of hydrogen-bond acceptors (Lipinski definition) is 5. The Labute approximate surface area is 105 Å². The molecule has 5 nitrogen and oxygen atoms in total. The largest absolute Gasteiger partial charge is 0.395 e. The van der Waals surface area contributed by atoms with Crippen LogP contribution in [0.25, 0.3) is 0 Å². The SMILES string of the molecule is CCO[P+]1(OCC)CCOCCN(CCO)C1. The fourth-order valence-electron chi connectivity index (χ4n) is 1.99. The van der Waals surface area contributed by atoms with Gasteiger partial charge in [-0.1, -0.05) is 0 Å². The highest BCUT2D eigenvalue weighted by atomic mass is 31.2. The van der Waals surface area contributed by atoms with Gasteiger partial charge in [-0.25, -0.2) is 9.05 Å². The van der Waals surface area contributed by atoms with E-state index >= 15 is 0 Å². The average Bonchev–Trinajstić information content (AvgIpc) is 2.26. The van der Waals surface area contributed by atoms with E-state index in [0.717, 1.165) is 25.6 Å². The minimum absolute atomic E-state index is 0.165. The maximum absolute atomic E-state index is 9.06. The zero-order valence-corrected chi connectivity index (χ0v) is 11.8. The normalized spacial score (nSPS) is 22.1. The Kier molecular flexibility index (Phi) is 7.51. The van der Waals surface area contributed by atoms with Gasteiger partial charge in [-0.2, -0.15) is 0 Å². The topological polar surface area (TPSA) is 51.2 Å². The molecule has 102 valence electrons. The molecule has 1 saturated heterocycles. The Morgan fingerprint density at radius 3 is 2.53 bits per heavy atom. The molecule has 0 aliphatic carbocycles. The molecule has 1 fully saturated rings. The fraction of sp³-hybridized carbons (Fsp3) is 1.00. The summed E-state index contributed by atoms with van der Waals surface area (Å²) in [6.07, 6.45) is 1.65. The van der Waals surface area contributed by atoms with E-state index in [1.54, 1.807) is 0 Å². The van der Waals surface area contributed by atoms with Gasteiger partial charge in [-0.15, -0.1) is 0 Å². The molecule has 0 saturated carbocycles. The molecule has 1 N–H and O–H groups in total. The van der Waals surface area contributed by atoms with Crippen molar-refractivity contribution in [3.8, 4) is 0 Å². The maximum Gasteiger partial charge on any atom is 0.291 e. The van der Waals surface area contributed by atoms with Crippen molar-refractivity contribution in [1.29, 1.82) is 0 Å². The summed E-state index contributed by atoms with van der Waals surface area (Å²) in [5.74, 6) is 0. The number of nitrogens with zero attached hydrogens (tertiary/aromatic N) is 1. The van der Waals surface area contributed by atoms with Crippen LogP contribution in [0.3, 0.4) is 0 Å². The number of hydrogen-bond donors (Lipinski definition) is 1. The van der Waals surface area contributed by atoms with E-state index in [1.165, 1.54) is 0 Å². The van der Waals surface area contributed by atoms with Gasteiger partial charge < -0.3 is 9.84 Å². The van der Waals surface area contributed by atoms with Crippen molar-refractivity contribution >= 4 is 7.72 Å². The quantitative estimate of drug-likeness (QED) is 0.732. The summed E-state index contributed by atoms with van der Waals surface area (Å²) in [6, 6.07) is 0. The zero-order valence-electron chi connectivity index (χ0n) is 10.9. The Morgan fingerprint density at radius 1 is 1.24 bits per heavy atom. The molecule has 1 aliphatic rings. The number of β-amino-alcohol motifs (C(OH)–C–C–N with tert-alkyl or cyclic N) is 1. The Bertz CT molecular complexity index is 200. The van der Waals surface area contributed by atoms with Gasteiger partial charge in [0.1, 0.15) is 6.16 Å². The van der Waals surface area contributed by atoms with Crippen molar-refractivity contribution in [2.24, 2.45) is 0 Å². The predicted octanol–water partition coefficient (Wildman–Crippen LogP) is 1.19. The third kappa shape index (κ3) is 5.16. The lowest BCUT2D eigenvalue weighted by Gasteiger charge is -2.31. The van der Waals surface area contributed by atoms with Crippen LogP contribution in [-0.2, 0) is 13.8 Å². The van der Waals surface area contributed by atoms with E-state index in [1.807, 2.05) is 13.8 Å². The van der Waals surface area contributed by atoms with Crippen LogP contribution in [0, 0.1) is 0 Å². The first kappa shape index (κ1) is 15.3. The molecule has 6 heteroatoms. The lowest BCUT2D eigenvalue weighted by atomic mass is 10.5. The number of aliphatic hydroxyl groups is 1. The average molecular weight is 266 g/mol. The van der Waals surface area contributed by atoms with Crippen molar-refractivity contribution in [2.75, 3.05) is 58.6 Å². The molecule has 0 aromatic rings. The van der Waals surface area contributed by atoms with Gasteiger partial charge in [0, 0.05) is 13.1 Å². The molecule has 0 unspecified atom stereocenters. The minimum atomic E-state index is -1.86. The smallest absolute Gasteiger partial charge is 0.291 e. The monoisotopic (exact) mass is 266 g/mol. The van der Waals surface area contributed by atoms with E-state index in [4.69, 9.17) is 18.9 Å². The van der Waals surface area contributed by atoms with E-state index in [2.05, 4.69) is 4.90 Å². The molecule has 17 heavy (non-hydrogen) atoms. The lowest BCUT2D eigenvalue weighted by Crippen LogP contribution is -2.36. The van der Waals surface area contributed by atoms with Crippen LogP contribution in [0.1, 0.15) is 13.8 Å². The van der Waals surface area contributed by atoms with Crippen molar-refractivity contribution in [2.45, 2.75) is 13.8 Å². The number of aliphatic hydroxyl groups excluding tert-OH is 1. The van der Waals surface area contributed by atoms with Gasteiger partial charge in [-0.3, -0.25) is 4.90 Å². The second kappa shape index (κ2) is 8.35. The standard InChI is InChI=1S/C11H25NO4P/c1-3-15-17(16-4-2)10-9-14-8-6-12(11-17)5-7-13/h13H,3-11H2,1-2H3/q+1. The highest BCUT2D eigenvalue weighted by molar-refractivity contribution is 7.66. The van der Waals surface area contributed by atoms with Gasteiger partial charge in [0.15, 0.2) is 6.29 Å². The van der Waals surface area contributed by atoms with E-state index in [0.29, 0.717) is 26.4 Å². The summed E-state index contributed by atoms with van der Waals surface area (Å²) in [5.41, 5.74) is 0. The maximum atomic E-state index is 9.06. The molecule has 0 bridgehead atoms. The highest BCUT2D eigenvalue weighted by Gasteiger charge is 2.44. The van der Waals surface area contributed by atoms with Gasteiger partial charge >= 0.3 is 0 Å². The third-order valence-electron chi connectivity index (χ3n) is 2.69. The molecule has 0 amide bonds. The first-order valence-electron chi connectivity index (χ1n) is 6.33. The summed E-state index contributed by atoms with van der Waals surface area (Å²) in [6.45, 7) is 8.42. The Hall–Kier alpha value is 0.230. The van der Waals surface area contributed by atoms with E-state index in [9.17, 15) is 0 Å². The van der Waals surface area contributed by atoms with Crippen molar-refractivity contribution in [3.05, 3.63) is 0 Å². The highest BCUT2D eigenvalue weighted by Crippen LogP contribution is 2.61. The van der Waals surface area contributed by atoms with Gasteiger partial charge in [0.05, 0.1) is 33.0 Å². The molecule has 0 atom stereocenters. The first-order chi connectivity index (χ1) is 8.26. The van der Waals surface area contributed by atoms with E-state index < -0.39 is 7.72 Å². The number of ether oxygens (including phenoxy) is 1. The summed E-state index contributed by atoms with van der Waals surface area (Å²) in [5, 5.41) is 9.06. The van der Waals surface area contributed by atoms with Gasteiger partial charge in [0.2, 0.25) is 0 Å². The van der Waals surface area contributed by atoms with Gasteiger partial charge in [0.25, 0.3) is 7.72 Å². The van der Waals surface area contributed by atoms with Crippen LogP contribution in [0.5, 0.6) is 0 Å². The zero-order chi connectivity index (χ0) is 12.6. The molecular weight excluding hydrogens is 241 g/mol. The molecule has 0 spiro atoms. The summed E-state index contributed by atoms with van der Waals surface area (Å²) < 4.78 is 17.4. The second-order valence-corrected chi connectivity index (χ2v) is 6.84. The molecule has 0 radical (unpaired) electrons.